The normalized spacial score (nSPS) is 11.6. The second-order valence-electron chi connectivity index (χ2n) is 9.76. The molecule has 0 amide bonds. The number of ether oxygens (including phenoxy) is 2. The van der Waals surface area contributed by atoms with Crippen LogP contribution < -0.4 is 4.72 Å². The summed E-state index contributed by atoms with van der Waals surface area (Å²) in [5.74, 6) is -1.58. The summed E-state index contributed by atoms with van der Waals surface area (Å²) in [7, 11) is -1.51. The van der Waals surface area contributed by atoms with Gasteiger partial charge in [0.2, 0.25) is 0 Å². The Hall–Kier alpha value is -4.44. The quantitative estimate of drug-likeness (QED) is 0.316. The van der Waals surface area contributed by atoms with Crippen molar-refractivity contribution in [3.05, 3.63) is 95.7 Å². The number of hydrogen-bond acceptors (Lipinski definition) is 7. The number of anilines is 1. The molecule has 0 aliphatic rings. The van der Waals surface area contributed by atoms with Crippen molar-refractivity contribution in [3.8, 4) is 16.9 Å². The number of carbonyl (C=O) groups is 2. The van der Waals surface area contributed by atoms with E-state index in [0.717, 1.165) is 5.56 Å². The molecule has 0 bridgehead atoms. The van der Waals surface area contributed by atoms with Crippen LogP contribution in [0.5, 0.6) is 0 Å². The number of hydrogen-bond donors (Lipinski definition) is 1. The van der Waals surface area contributed by atoms with Gasteiger partial charge in [-0.3, -0.25) is 4.72 Å². The molecule has 0 fully saturated rings. The fraction of sp³-hybridized carbons (Fsp3) is 0.207. The van der Waals surface area contributed by atoms with Crippen LogP contribution in [0.3, 0.4) is 0 Å². The molecule has 0 atom stereocenters. The summed E-state index contributed by atoms with van der Waals surface area (Å²) in [5.41, 5.74) is 1.95. The van der Waals surface area contributed by atoms with Crippen molar-refractivity contribution in [2.45, 2.75) is 31.1 Å². The Morgan fingerprint density at radius 3 is 2.08 bits per heavy atom. The van der Waals surface area contributed by atoms with Gasteiger partial charge >= 0.3 is 11.9 Å². The summed E-state index contributed by atoms with van der Waals surface area (Å²) in [5, 5.41) is 4.55. The molecule has 1 aromatic heterocycles. The van der Waals surface area contributed by atoms with Crippen molar-refractivity contribution in [1.29, 1.82) is 0 Å². The summed E-state index contributed by atoms with van der Waals surface area (Å²) in [6.07, 6.45) is 0. The van der Waals surface area contributed by atoms with Gasteiger partial charge in [0.1, 0.15) is 11.3 Å². The zero-order valence-electron chi connectivity index (χ0n) is 22.3. The smallest absolute Gasteiger partial charge is 0.357 e. The van der Waals surface area contributed by atoms with E-state index in [9.17, 15) is 18.0 Å². The summed E-state index contributed by atoms with van der Waals surface area (Å²) in [6.45, 7) is 6.15. The molecule has 0 aliphatic carbocycles. The fourth-order valence-electron chi connectivity index (χ4n) is 4.03. The number of sulfonamides is 1. The maximum absolute atomic E-state index is 13.1. The lowest BCUT2D eigenvalue weighted by atomic mass is 9.87. The highest BCUT2D eigenvalue weighted by molar-refractivity contribution is 7.92. The lowest BCUT2D eigenvalue weighted by molar-refractivity contribution is 0.0549. The topological polar surface area (TPSA) is 117 Å². The van der Waals surface area contributed by atoms with E-state index >= 15 is 0 Å². The lowest BCUT2D eigenvalue weighted by Crippen LogP contribution is -2.15. The molecule has 3 aromatic carbocycles. The lowest BCUT2D eigenvalue weighted by Gasteiger charge is -2.19. The molecule has 0 spiro atoms. The third-order valence-corrected chi connectivity index (χ3v) is 7.47. The Kier molecular flexibility index (Phi) is 7.60. The molecule has 0 aliphatic heterocycles. The number of nitrogens with one attached hydrogen (secondary N) is 1. The number of benzene rings is 3. The zero-order valence-corrected chi connectivity index (χ0v) is 23.1. The first-order valence-corrected chi connectivity index (χ1v) is 13.5. The van der Waals surface area contributed by atoms with Crippen LogP contribution in [0.4, 0.5) is 5.69 Å². The van der Waals surface area contributed by atoms with E-state index in [1.54, 1.807) is 72.8 Å². The molecule has 0 unspecified atom stereocenters. The maximum atomic E-state index is 13.1. The summed E-state index contributed by atoms with van der Waals surface area (Å²) < 4.78 is 40.1. The molecule has 0 radical (unpaired) electrons. The average Bonchev–Trinajstić information content (AvgIpc) is 3.33. The molecule has 4 rings (SSSR count). The number of methoxy groups -OCH3 is 2. The predicted octanol–water partition coefficient (Wildman–Crippen LogP) is 5.21. The van der Waals surface area contributed by atoms with Gasteiger partial charge in [-0.2, -0.15) is 5.10 Å². The molecule has 1 N–H and O–H groups in total. The standard InChI is InChI=1S/C29H29N3O6S/c1-29(2,3)20-14-16-23(17-15-20)39(35,36)31-21-11-9-10-19(18-21)25-24(27(33)37-4)26(28(34)38-5)32(30-25)22-12-7-6-8-13-22/h6-18,31H,1-5H3. The van der Waals surface area contributed by atoms with E-state index in [1.807, 2.05) is 20.8 Å². The molecule has 202 valence electrons. The van der Waals surface area contributed by atoms with Crippen molar-refractivity contribution in [3.63, 3.8) is 0 Å². The molecule has 9 nitrogen and oxygen atoms in total. The van der Waals surface area contributed by atoms with Crippen LogP contribution in [0.15, 0.2) is 83.8 Å². The summed E-state index contributed by atoms with van der Waals surface area (Å²) in [6, 6.07) is 21.9. The minimum atomic E-state index is -3.91. The number of rotatable bonds is 7. The highest BCUT2D eigenvalue weighted by Crippen LogP contribution is 2.31. The van der Waals surface area contributed by atoms with Crippen molar-refractivity contribution < 1.29 is 27.5 Å². The van der Waals surface area contributed by atoms with E-state index < -0.39 is 22.0 Å². The number of carbonyl (C=O) groups excluding carboxylic acids is 2. The van der Waals surface area contributed by atoms with Gasteiger partial charge in [0.15, 0.2) is 5.69 Å². The first-order chi connectivity index (χ1) is 18.5. The van der Waals surface area contributed by atoms with E-state index in [1.165, 1.54) is 25.0 Å². The molecule has 0 saturated heterocycles. The SMILES string of the molecule is COC(=O)c1c(-c2cccc(NS(=O)(=O)c3ccc(C(C)(C)C)cc3)c2)nn(-c2ccccc2)c1C(=O)OC. The Balaban J connectivity index is 1.79. The molecule has 4 aromatic rings. The predicted molar refractivity (Wildman–Crippen MR) is 148 cm³/mol. The van der Waals surface area contributed by atoms with Gasteiger partial charge in [-0.05, 0) is 47.4 Å². The van der Waals surface area contributed by atoms with Gasteiger partial charge in [0.25, 0.3) is 10.0 Å². The third kappa shape index (κ3) is 5.70. The van der Waals surface area contributed by atoms with E-state index in [2.05, 4.69) is 9.82 Å². The molecular formula is C29H29N3O6S. The monoisotopic (exact) mass is 547 g/mol. The van der Waals surface area contributed by atoms with Crippen molar-refractivity contribution >= 4 is 27.6 Å². The first kappa shape index (κ1) is 27.6. The van der Waals surface area contributed by atoms with Crippen LogP contribution in [-0.2, 0) is 24.9 Å². The van der Waals surface area contributed by atoms with Crippen LogP contribution in [0.1, 0.15) is 47.2 Å². The molecule has 10 heteroatoms. The fourth-order valence-corrected chi connectivity index (χ4v) is 5.08. The van der Waals surface area contributed by atoms with Gasteiger partial charge < -0.3 is 9.47 Å². The van der Waals surface area contributed by atoms with Crippen molar-refractivity contribution in [2.24, 2.45) is 0 Å². The Bertz CT molecular complexity index is 1620. The molecular weight excluding hydrogens is 518 g/mol. The maximum Gasteiger partial charge on any atom is 0.357 e. The Morgan fingerprint density at radius 2 is 1.49 bits per heavy atom. The summed E-state index contributed by atoms with van der Waals surface area (Å²) >= 11 is 0. The first-order valence-electron chi connectivity index (χ1n) is 12.0. The molecule has 0 saturated carbocycles. The second-order valence-corrected chi connectivity index (χ2v) is 11.4. The van der Waals surface area contributed by atoms with Crippen LogP contribution in [-0.4, -0.2) is 44.4 Å². The van der Waals surface area contributed by atoms with Gasteiger partial charge in [0.05, 0.1) is 24.8 Å². The number of nitrogens with zero attached hydrogens (tertiary/aromatic N) is 2. The van der Waals surface area contributed by atoms with Crippen molar-refractivity contribution in [2.75, 3.05) is 18.9 Å². The number of para-hydroxylation sites is 1. The average molecular weight is 548 g/mol. The minimum Gasteiger partial charge on any atom is -0.465 e. The number of aromatic nitrogens is 2. The highest BCUT2D eigenvalue weighted by atomic mass is 32.2. The molecule has 1 heterocycles. The minimum absolute atomic E-state index is 0.106. The largest absolute Gasteiger partial charge is 0.465 e. The Morgan fingerprint density at radius 1 is 0.846 bits per heavy atom. The van der Waals surface area contributed by atoms with Gasteiger partial charge in [-0.15, -0.1) is 0 Å². The van der Waals surface area contributed by atoms with Gasteiger partial charge in [0, 0.05) is 11.3 Å². The van der Waals surface area contributed by atoms with E-state index in [-0.39, 0.29) is 32.9 Å². The Labute approximate surface area is 227 Å². The van der Waals surface area contributed by atoms with E-state index in [0.29, 0.717) is 11.3 Å². The van der Waals surface area contributed by atoms with Crippen LogP contribution in [0, 0.1) is 0 Å². The van der Waals surface area contributed by atoms with Crippen LogP contribution >= 0.6 is 0 Å². The van der Waals surface area contributed by atoms with Crippen LogP contribution in [0.2, 0.25) is 0 Å². The van der Waals surface area contributed by atoms with Crippen molar-refractivity contribution in [1.82, 2.24) is 9.78 Å². The number of esters is 2. The van der Waals surface area contributed by atoms with Gasteiger partial charge in [-0.1, -0.05) is 63.2 Å². The molecule has 39 heavy (non-hydrogen) atoms. The van der Waals surface area contributed by atoms with E-state index in [4.69, 9.17) is 9.47 Å². The van der Waals surface area contributed by atoms with Crippen LogP contribution in [0.25, 0.3) is 16.9 Å². The second kappa shape index (κ2) is 10.7. The zero-order chi connectivity index (χ0) is 28.4. The highest BCUT2D eigenvalue weighted by Gasteiger charge is 2.31. The summed E-state index contributed by atoms with van der Waals surface area (Å²) in [4.78, 5) is 25.8. The van der Waals surface area contributed by atoms with Gasteiger partial charge in [-0.25, -0.2) is 22.7 Å². The third-order valence-electron chi connectivity index (χ3n) is 6.07.